The number of carbonyl (C=O) groups is 3. The van der Waals surface area contributed by atoms with E-state index in [-0.39, 0.29) is 18.9 Å². The third-order valence-electron chi connectivity index (χ3n) is 20.3. The molecule has 0 aromatic rings. The lowest BCUT2D eigenvalue weighted by atomic mass is 9.88. The topological polar surface area (TPSA) is 373 Å². The van der Waals surface area contributed by atoms with Crippen molar-refractivity contribution in [3.63, 3.8) is 0 Å². The van der Waals surface area contributed by atoms with Gasteiger partial charge in [-0.1, -0.05) is 290 Å². The molecule has 0 bridgehead atoms. The Morgan fingerprint density at radius 1 is 0.490 bits per heavy atom. The van der Waals surface area contributed by atoms with Gasteiger partial charge < -0.3 is 100 Å². The molecular weight excluding hydrogens is 1260 g/mol. The Hall–Kier alpha value is -2.27. The van der Waals surface area contributed by atoms with Gasteiger partial charge in [-0.25, -0.2) is 4.79 Å². The van der Waals surface area contributed by atoms with Crippen molar-refractivity contribution in [2.24, 2.45) is 0 Å². The molecule has 0 spiro atoms. The van der Waals surface area contributed by atoms with Crippen LogP contribution >= 0.6 is 0 Å². The third-order valence-corrected chi connectivity index (χ3v) is 20.3. The Morgan fingerprint density at radius 3 is 1.28 bits per heavy atom. The molecule has 3 fully saturated rings. The molecule has 578 valence electrons. The zero-order valence-electron chi connectivity index (χ0n) is 60.9. The van der Waals surface area contributed by atoms with Gasteiger partial charge in [-0.3, -0.25) is 9.59 Å². The number of carboxylic acid groups (broad SMARTS) is 1. The second-order valence-corrected chi connectivity index (χ2v) is 28.9. The van der Waals surface area contributed by atoms with E-state index in [2.05, 4.69) is 24.5 Å². The number of ether oxygens (including phenoxy) is 6. The van der Waals surface area contributed by atoms with Crippen LogP contribution in [-0.2, 0) is 42.8 Å². The molecule has 3 aliphatic rings. The first-order valence-corrected chi connectivity index (χ1v) is 39.4. The second kappa shape index (κ2) is 55.3. The van der Waals surface area contributed by atoms with Gasteiger partial charge in [-0.05, 0) is 12.8 Å². The predicted octanol–water partition coefficient (Wildman–Crippen LogP) is 9.63. The lowest BCUT2D eigenvalue weighted by Crippen LogP contribution is -2.70. The summed E-state index contributed by atoms with van der Waals surface area (Å²) in [6.07, 6.45) is 26.6. The first-order chi connectivity index (χ1) is 47.4. The molecule has 3 heterocycles. The summed E-state index contributed by atoms with van der Waals surface area (Å²) < 4.78 is 35.0. The van der Waals surface area contributed by atoms with E-state index in [1.54, 1.807) is 0 Å². The van der Waals surface area contributed by atoms with E-state index < -0.39 is 148 Å². The van der Waals surface area contributed by atoms with Gasteiger partial charge in [-0.15, -0.1) is 0 Å². The number of aliphatic hydroxyl groups excluding tert-OH is 11. The monoisotopic (exact) mass is 1410 g/mol. The number of hydrogen-bond donors (Lipinski definition) is 14. The number of carbonyl (C=O) groups excluding carboxylic acids is 2. The molecule has 0 saturated carbocycles. The van der Waals surface area contributed by atoms with Gasteiger partial charge in [0, 0.05) is 19.8 Å². The van der Waals surface area contributed by atoms with Gasteiger partial charge in [0.25, 0.3) is 5.79 Å². The van der Waals surface area contributed by atoms with E-state index in [0.29, 0.717) is 19.3 Å². The summed E-state index contributed by atoms with van der Waals surface area (Å²) >= 11 is 0. The summed E-state index contributed by atoms with van der Waals surface area (Å²) in [7, 11) is 0. The summed E-state index contributed by atoms with van der Waals surface area (Å²) in [5.41, 5.74) is 0. The second-order valence-electron chi connectivity index (χ2n) is 28.9. The fraction of sp³-hybridized carbons (Fsp3) is 0.960. The maximum atomic E-state index is 13.5. The van der Waals surface area contributed by atoms with Crippen LogP contribution in [0.15, 0.2) is 0 Å². The normalized spacial score (nSPS) is 27.2. The Kier molecular flexibility index (Phi) is 50.7. The average Bonchev–Trinajstić information content (AvgIpc) is 0.757. The molecule has 3 rings (SSSR count). The van der Waals surface area contributed by atoms with Crippen LogP contribution < -0.4 is 10.6 Å². The lowest BCUT2D eigenvalue weighted by molar-refractivity contribution is -0.386. The van der Waals surface area contributed by atoms with Crippen molar-refractivity contribution >= 4 is 17.8 Å². The Bertz CT molecular complexity index is 1970. The van der Waals surface area contributed by atoms with Crippen LogP contribution in [0.3, 0.4) is 0 Å². The molecule has 3 aliphatic heterocycles. The quantitative estimate of drug-likeness (QED) is 0.0252. The van der Waals surface area contributed by atoms with Gasteiger partial charge in [-0.2, -0.15) is 0 Å². The lowest BCUT2D eigenvalue weighted by Gasteiger charge is -2.50. The summed E-state index contributed by atoms with van der Waals surface area (Å²) in [4.78, 5) is 38.7. The number of aliphatic carboxylic acids is 1. The van der Waals surface area contributed by atoms with Crippen molar-refractivity contribution in [3.8, 4) is 0 Å². The van der Waals surface area contributed by atoms with E-state index in [1.165, 1.54) is 225 Å². The average molecular weight is 1410 g/mol. The van der Waals surface area contributed by atoms with Gasteiger partial charge in [0.2, 0.25) is 11.8 Å². The van der Waals surface area contributed by atoms with Crippen LogP contribution in [0.5, 0.6) is 0 Å². The molecule has 2 amide bonds. The summed E-state index contributed by atoms with van der Waals surface area (Å²) in [6, 6.07) is -2.53. The zero-order valence-corrected chi connectivity index (χ0v) is 60.9. The summed E-state index contributed by atoms with van der Waals surface area (Å²) in [5.74, 6) is -6.09. The van der Waals surface area contributed by atoms with Crippen LogP contribution in [0.1, 0.15) is 323 Å². The van der Waals surface area contributed by atoms with Crippen LogP contribution in [0.25, 0.3) is 0 Å². The molecule has 0 aromatic heterocycles. The van der Waals surface area contributed by atoms with Crippen molar-refractivity contribution in [3.05, 3.63) is 0 Å². The molecule has 23 heteroatoms. The molecule has 14 N–H and O–H groups in total. The molecule has 23 nitrogen and oxygen atoms in total. The number of unbranched alkanes of at least 4 members (excludes halogenated alkanes) is 42. The Morgan fingerprint density at radius 2 is 0.888 bits per heavy atom. The molecule has 0 aliphatic carbocycles. The number of rotatable bonds is 62. The standard InChI is InChI=1S/C75H142N2O21/c1-4-6-8-10-12-14-16-18-20-22-24-26-27-29-31-33-35-37-39-41-43-45-47-49-62(85)77-56(57(82)48-46-44-42-40-38-36-34-32-30-28-25-23-21-19-17-15-13-11-9-7-5-2)54-93-72-67(89)66(88)69(61(53-80)95-72)96-73-68(90)71(65(87)60(52-79)94-73)98-75(74(91)92)50-58(83)63(76-55(3)81)70(97-75)64(86)59(84)51-78/h56-61,63-73,78-80,82-84,86-90H,4-54H2,1-3H3,(H,76,81)(H,77,85)(H,91,92). The smallest absolute Gasteiger partial charge is 0.364 e. The molecular formula is C75H142N2O21. The molecule has 0 aromatic carbocycles. The highest BCUT2D eigenvalue weighted by atomic mass is 16.8. The number of carboxylic acids is 1. The Labute approximate surface area is 589 Å². The minimum absolute atomic E-state index is 0.230. The first kappa shape index (κ1) is 89.9. The summed E-state index contributed by atoms with van der Waals surface area (Å²) in [6.45, 7) is 2.27. The molecule has 18 unspecified atom stereocenters. The van der Waals surface area contributed by atoms with Crippen molar-refractivity contribution < 1.29 is 104 Å². The van der Waals surface area contributed by atoms with E-state index >= 15 is 0 Å². The van der Waals surface area contributed by atoms with Crippen molar-refractivity contribution in [1.82, 2.24) is 10.6 Å². The molecule has 3 saturated heterocycles. The highest BCUT2D eigenvalue weighted by Gasteiger charge is 2.60. The van der Waals surface area contributed by atoms with Crippen molar-refractivity contribution in [2.45, 2.75) is 432 Å². The predicted molar refractivity (Wildman–Crippen MR) is 375 cm³/mol. The minimum Gasteiger partial charge on any atom is -0.477 e. The third kappa shape index (κ3) is 36.0. The van der Waals surface area contributed by atoms with Gasteiger partial charge in [0.05, 0.1) is 50.7 Å². The van der Waals surface area contributed by atoms with Crippen molar-refractivity contribution in [1.29, 1.82) is 0 Å². The largest absolute Gasteiger partial charge is 0.477 e. The van der Waals surface area contributed by atoms with E-state index in [0.717, 1.165) is 51.9 Å². The summed E-state index contributed by atoms with van der Waals surface area (Å²) in [5, 5.41) is 136. The first-order valence-electron chi connectivity index (χ1n) is 39.4. The number of amides is 2. The van der Waals surface area contributed by atoms with E-state index in [1.807, 2.05) is 0 Å². The fourth-order valence-electron chi connectivity index (χ4n) is 14.1. The Balaban J connectivity index is 1.53. The maximum absolute atomic E-state index is 13.5. The maximum Gasteiger partial charge on any atom is 0.364 e. The van der Waals surface area contributed by atoms with Crippen molar-refractivity contribution in [2.75, 3.05) is 26.4 Å². The fourth-order valence-corrected chi connectivity index (χ4v) is 14.1. The van der Waals surface area contributed by atoms with Gasteiger partial charge in [0.1, 0.15) is 67.1 Å². The minimum atomic E-state index is -3.08. The van der Waals surface area contributed by atoms with Crippen LogP contribution in [0.2, 0.25) is 0 Å². The number of hydrogen-bond acceptors (Lipinski definition) is 20. The van der Waals surface area contributed by atoms with E-state index in [9.17, 15) is 75.7 Å². The van der Waals surface area contributed by atoms with Crippen LogP contribution in [0, 0.1) is 0 Å². The number of nitrogens with one attached hydrogen (secondary N) is 2. The molecule has 18 atom stereocenters. The van der Waals surface area contributed by atoms with Crippen LogP contribution in [-0.4, -0.2) is 215 Å². The zero-order chi connectivity index (χ0) is 71.8. The molecule has 98 heavy (non-hydrogen) atoms. The van der Waals surface area contributed by atoms with E-state index in [4.69, 9.17) is 28.4 Å². The molecule has 0 radical (unpaired) electrons. The highest BCUT2D eigenvalue weighted by Crippen LogP contribution is 2.39. The van der Waals surface area contributed by atoms with Crippen LogP contribution in [0.4, 0.5) is 0 Å². The highest BCUT2D eigenvalue weighted by molar-refractivity contribution is 5.77. The van der Waals surface area contributed by atoms with Gasteiger partial charge in [0.15, 0.2) is 12.6 Å². The van der Waals surface area contributed by atoms with Gasteiger partial charge >= 0.3 is 5.97 Å². The number of aliphatic hydroxyl groups is 11. The SMILES string of the molecule is CCCCCCCCCCCCCCCCCCCCCCCCCC(=O)NC(COC1OC(CO)C(OC2OC(CO)C(O)C(OC3(C(=O)O)CC(O)C(NC(C)=O)C(C(O)C(O)CO)O3)C2O)C(O)C1O)C(O)CCCCCCCCCCCCCCCCCCCCCCC.